The molecule has 14 heteroatoms. The molecule has 1 aromatic carbocycles. The van der Waals surface area contributed by atoms with Gasteiger partial charge in [-0.2, -0.15) is 52.7 Å². The number of hydrogen-bond donors (Lipinski definition) is 0. The van der Waals surface area contributed by atoms with E-state index in [1.807, 2.05) is 0 Å². The average molecular weight is 445 g/mol. The van der Waals surface area contributed by atoms with Gasteiger partial charge < -0.3 is 9.30 Å². The first kappa shape index (κ1) is 22.7. The Balaban J connectivity index is 3.23. The molecule has 0 aliphatic carbocycles. The molecule has 2 aromatic rings. The molecule has 0 saturated carbocycles. The number of ether oxygens (including phenoxy) is 1. The maximum atomic E-state index is 13.4. The van der Waals surface area contributed by atoms with Crippen molar-refractivity contribution in [1.82, 2.24) is 4.57 Å². The molecule has 1 aromatic heterocycles. The number of benzene rings is 1. The molecule has 0 saturated heterocycles. The van der Waals surface area contributed by atoms with Gasteiger partial charge in [0.15, 0.2) is 0 Å². The number of hydrogen-bond acceptors (Lipinski definition) is 1. The van der Waals surface area contributed by atoms with Gasteiger partial charge in [0.05, 0.1) is 18.2 Å². The van der Waals surface area contributed by atoms with Gasteiger partial charge in [0.1, 0.15) is 17.1 Å². The van der Waals surface area contributed by atoms with Gasteiger partial charge in [0.2, 0.25) is 0 Å². The van der Waals surface area contributed by atoms with Crippen molar-refractivity contribution in [2.45, 2.75) is 24.7 Å². The predicted molar refractivity (Wildman–Crippen MR) is 72.3 cm³/mol. The molecule has 0 aliphatic heterocycles. The van der Waals surface area contributed by atoms with Crippen LogP contribution in [0, 0.1) is 0 Å². The SMILES string of the molecule is COc1cccc(-n2c(C(F)(F)F)c(C(F)(F)F)c(C(F)(F)F)c2C(F)(F)F)c1. The Morgan fingerprint density at radius 1 is 0.655 bits per heavy atom. The Bertz CT molecular complexity index is 849. The molecule has 0 fully saturated rings. The van der Waals surface area contributed by atoms with E-state index in [2.05, 4.69) is 4.74 Å². The minimum atomic E-state index is -6.40. The minimum Gasteiger partial charge on any atom is -0.497 e. The largest absolute Gasteiger partial charge is 0.497 e. The second-order valence-electron chi connectivity index (χ2n) is 5.48. The second kappa shape index (κ2) is 6.76. The van der Waals surface area contributed by atoms with Crippen molar-refractivity contribution in [3.05, 3.63) is 46.8 Å². The second-order valence-corrected chi connectivity index (χ2v) is 5.48. The summed E-state index contributed by atoms with van der Waals surface area (Å²) in [5, 5.41) is 0. The van der Waals surface area contributed by atoms with Crippen LogP contribution in [0.5, 0.6) is 5.75 Å². The summed E-state index contributed by atoms with van der Waals surface area (Å²) in [5.41, 5.74) is -14.5. The molecule has 0 spiro atoms. The quantitative estimate of drug-likeness (QED) is 0.478. The van der Waals surface area contributed by atoms with Crippen molar-refractivity contribution in [1.29, 1.82) is 0 Å². The van der Waals surface area contributed by atoms with Gasteiger partial charge in [-0.1, -0.05) is 6.07 Å². The lowest BCUT2D eigenvalue weighted by atomic mass is 10.1. The third kappa shape index (κ3) is 4.24. The van der Waals surface area contributed by atoms with Crippen LogP contribution in [0.2, 0.25) is 0 Å². The van der Waals surface area contributed by atoms with Gasteiger partial charge >= 0.3 is 24.7 Å². The molecule has 2 nitrogen and oxygen atoms in total. The van der Waals surface area contributed by atoms with Gasteiger partial charge in [0.25, 0.3) is 0 Å². The molecular weight excluding hydrogens is 438 g/mol. The molecule has 0 radical (unpaired) electrons. The van der Waals surface area contributed by atoms with Gasteiger partial charge in [-0.3, -0.25) is 0 Å². The van der Waals surface area contributed by atoms with E-state index >= 15 is 0 Å². The molecule has 0 bridgehead atoms. The highest BCUT2D eigenvalue weighted by Gasteiger charge is 2.59. The molecule has 162 valence electrons. The van der Waals surface area contributed by atoms with Crippen molar-refractivity contribution >= 4 is 0 Å². The predicted octanol–water partition coefficient (Wildman–Crippen LogP) is 6.56. The van der Waals surface area contributed by atoms with Crippen molar-refractivity contribution in [3.63, 3.8) is 0 Å². The summed E-state index contributed by atoms with van der Waals surface area (Å²) in [6.45, 7) is 0. The van der Waals surface area contributed by atoms with E-state index in [0.717, 1.165) is 19.2 Å². The van der Waals surface area contributed by atoms with Crippen molar-refractivity contribution < 1.29 is 57.4 Å². The lowest BCUT2D eigenvalue weighted by molar-refractivity contribution is -0.178. The molecule has 0 unspecified atom stereocenters. The topological polar surface area (TPSA) is 14.2 Å². The highest BCUT2D eigenvalue weighted by Crippen LogP contribution is 2.53. The van der Waals surface area contributed by atoms with Gasteiger partial charge in [-0.05, 0) is 12.1 Å². The first-order valence-corrected chi connectivity index (χ1v) is 7.12. The molecule has 0 amide bonds. The van der Waals surface area contributed by atoms with E-state index in [-0.39, 0.29) is 0 Å². The monoisotopic (exact) mass is 445 g/mol. The Kier molecular flexibility index (Phi) is 5.30. The maximum absolute atomic E-state index is 13.4. The van der Waals surface area contributed by atoms with Crippen LogP contribution in [-0.2, 0) is 24.7 Å². The number of halogens is 12. The molecule has 0 aliphatic rings. The van der Waals surface area contributed by atoms with Crippen LogP contribution in [0.1, 0.15) is 22.5 Å². The normalized spacial score (nSPS) is 13.7. The first-order valence-electron chi connectivity index (χ1n) is 7.12. The summed E-state index contributed by atoms with van der Waals surface area (Å²) < 4.78 is 163. The van der Waals surface area contributed by atoms with E-state index in [1.165, 1.54) is 0 Å². The third-order valence-electron chi connectivity index (χ3n) is 3.59. The highest BCUT2D eigenvalue weighted by molar-refractivity contribution is 5.53. The Morgan fingerprint density at radius 2 is 1.07 bits per heavy atom. The van der Waals surface area contributed by atoms with Crippen molar-refractivity contribution in [3.8, 4) is 11.4 Å². The number of nitrogens with zero attached hydrogens (tertiary/aromatic N) is 1. The zero-order chi connectivity index (χ0) is 22.6. The summed E-state index contributed by atoms with van der Waals surface area (Å²) >= 11 is 0. The third-order valence-corrected chi connectivity index (χ3v) is 3.59. The summed E-state index contributed by atoms with van der Waals surface area (Å²) in [4.78, 5) is 0. The molecule has 0 N–H and O–H groups in total. The highest BCUT2D eigenvalue weighted by atomic mass is 19.4. The number of alkyl halides is 12. The van der Waals surface area contributed by atoms with Gasteiger partial charge in [-0.15, -0.1) is 0 Å². The first-order chi connectivity index (χ1) is 12.9. The van der Waals surface area contributed by atoms with Crippen LogP contribution in [0.15, 0.2) is 24.3 Å². The number of rotatable bonds is 2. The summed E-state index contributed by atoms with van der Waals surface area (Å²) in [6, 6.07) is 2.73. The Morgan fingerprint density at radius 3 is 1.38 bits per heavy atom. The van der Waals surface area contributed by atoms with Crippen LogP contribution in [0.25, 0.3) is 5.69 Å². The fourth-order valence-corrected chi connectivity index (χ4v) is 2.67. The van der Waals surface area contributed by atoms with E-state index in [9.17, 15) is 52.7 Å². The molecule has 2 rings (SSSR count). The van der Waals surface area contributed by atoms with E-state index in [4.69, 9.17) is 0 Å². The lowest BCUT2D eigenvalue weighted by Crippen LogP contribution is -2.21. The summed E-state index contributed by atoms with van der Waals surface area (Å²) in [6.07, 6.45) is -25.3. The smallest absolute Gasteiger partial charge is 0.432 e. The van der Waals surface area contributed by atoms with Crippen LogP contribution in [-0.4, -0.2) is 11.7 Å². The van der Waals surface area contributed by atoms with Crippen LogP contribution in [0.4, 0.5) is 52.7 Å². The van der Waals surface area contributed by atoms with Crippen LogP contribution < -0.4 is 4.74 Å². The number of aromatic nitrogens is 1. The zero-order valence-electron chi connectivity index (χ0n) is 13.7. The van der Waals surface area contributed by atoms with Crippen LogP contribution >= 0.6 is 0 Å². The fraction of sp³-hybridized carbons (Fsp3) is 0.333. The molecule has 29 heavy (non-hydrogen) atoms. The average Bonchev–Trinajstić information content (AvgIpc) is 2.91. The molecule has 0 atom stereocenters. The summed E-state index contributed by atoms with van der Waals surface area (Å²) in [7, 11) is 0.937. The van der Waals surface area contributed by atoms with Gasteiger partial charge in [-0.25, -0.2) is 0 Å². The fourth-order valence-electron chi connectivity index (χ4n) is 2.67. The van der Waals surface area contributed by atoms with Crippen molar-refractivity contribution in [2.75, 3.05) is 7.11 Å². The van der Waals surface area contributed by atoms with Crippen molar-refractivity contribution in [2.24, 2.45) is 0 Å². The zero-order valence-corrected chi connectivity index (χ0v) is 13.7. The molecular formula is C15H7F12NO. The Hall–Kier alpha value is -2.54. The van der Waals surface area contributed by atoms with Gasteiger partial charge in [0, 0.05) is 11.8 Å². The number of methoxy groups -OCH3 is 1. The van der Waals surface area contributed by atoms with Crippen LogP contribution in [0.3, 0.4) is 0 Å². The van der Waals surface area contributed by atoms with E-state index in [0.29, 0.717) is 12.1 Å². The Labute approximate surface area is 153 Å². The standard InChI is InChI=1S/C15H7F12NO/c1-29-7-4-2-3-6(5-7)28-10(14(22,23)24)8(12(16,17)18)9(13(19,20)21)11(28)15(25,26)27/h2-5H,1H3. The molecule has 1 heterocycles. The summed E-state index contributed by atoms with van der Waals surface area (Å²) in [5.74, 6) is -0.403. The van der Waals surface area contributed by atoms with E-state index in [1.54, 1.807) is 0 Å². The van der Waals surface area contributed by atoms with E-state index < -0.39 is 63.2 Å². The lowest BCUT2D eigenvalue weighted by Gasteiger charge is -2.18. The maximum Gasteiger partial charge on any atom is 0.432 e. The minimum absolute atomic E-state index is 0.403.